The van der Waals surface area contributed by atoms with Crippen molar-refractivity contribution in [3.63, 3.8) is 0 Å². The average Bonchev–Trinajstić information content (AvgIpc) is 3.20. The molecule has 3 fully saturated rings. The van der Waals surface area contributed by atoms with E-state index in [1.54, 1.807) is 0 Å². The molecule has 1 saturated heterocycles. The number of likely N-dealkylation sites (tertiary alicyclic amines) is 1. The Labute approximate surface area is 110 Å². The summed E-state index contributed by atoms with van der Waals surface area (Å²) in [5.41, 5.74) is 0. The number of allylic oxidation sites excluding steroid dienone is 2. The molecular formula is C14H15NO4. The van der Waals surface area contributed by atoms with E-state index < -0.39 is 5.97 Å². The molecule has 5 nitrogen and oxygen atoms in total. The monoisotopic (exact) mass is 261 g/mol. The Bertz CT molecular complexity index is 490. The summed E-state index contributed by atoms with van der Waals surface area (Å²) in [4.78, 5) is 37.3. The number of hydrogen-bond acceptors (Lipinski definition) is 4. The van der Waals surface area contributed by atoms with Crippen LogP contribution in [0.4, 0.5) is 0 Å². The van der Waals surface area contributed by atoms with Gasteiger partial charge < -0.3 is 4.74 Å². The van der Waals surface area contributed by atoms with Crippen molar-refractivity contribution < 1.29 is 19.1 Å². The van der Waals surface area contributed by atoms with Crippen LogP contribution in [0.5, 0.6) is 0 Å². The van der Waals surface area contributed by atoms with Gasteiger partial charge in [0.1, 0.15) is 6.54 Å². The lowest BCUT2D eigenvalue weighted by atomic mass is 9.63. The van der Waals surface area contributed by atoms with Crippen LogP contribution in [0.25, 0.3) is 0 Å². The van der Waals surface area contributed by atoms with Crippen LogP contribution in [0.2, 0.25) is 0 Å². The summed E-state index contributed by atoms with van der Waals surface area (Å²) in [7, 11) is 1.26. The van der Waals surface area contributed by atoms with Crippen LogP contribution in [0.15, 0.2) is 12.2 Å². The number of ether oxygens (including phenoxy) is 1. The Morgan fingerprint density at radius 3 is 2.21 bits per heavy atom. The van der Waals surface area contributed by atoms with Gasteiger partial charge in [0.05, 0.1) is 18.9 Å². The average molecular weight is 261 g/mol. The fourth-order valence-corrected chi connectivity index (χ4v) is 4.37. The van der Waals surface area contributed by atoms with Crippen LogP contribution in [-0.4, -0.2) is 36.3 Å². The quantitative estimate of drug-likeness (QED) is 0.405. The Balaban J connectivity index is 1.66. The zero-order valence-corrected chi connectivity index (χ0v) is 10.6. The molecular weight excluding hydrogens is 246 g/mol. The largest absolute Gasteiger partial charge is 0.468 e. The summed E-state index contributed by atoms with van der Waals surface area (Å²) in [5.74, 6) is 0.253. The number of rotatable bonds is 2. The summed E-state index contributed by atoms with van der Waals surface area (Å²) in [6.07, 6.45) is 5.38. The van der Waals surface area contributed by atoms with Gasteiger partial charge in [-0.25, -0.2) is 0 Å². The van der Waals surface area contributed by atoms with Gasteiger partial charge in [-0.05, 0) is 30.1 Å². The molecule has 0 aromatic carbocycles. The van der Waals surface area contributed by atoms with Gasteiger partial charge in [-0.2, -0.15) is 0 Å². The van der Waals surface area contributed by atoms with E-state index in [2.05, 4.69) is 16.9 Å². The number of carbonyl (C=O) groups excluding carboxylic acids is 3. The molecule has 19 heavy (non-hydrogen) atoms. The number of carbonyl (C=O) groups is 3. The lowest BCUT2D eigenvalue weighted by molar-refractivity contribution is -0.151. The summed E-state index contributed by atoms with van der Waals surface area (Å²) in [6.45, 7) is -0.240. The highest BCUT2D eigenvalue weighted by molar-refractivity contribution is 6.07. The first-order chi connectivity index (χ1) is 9.13. The van der Waals surface area contributed by atoms with E-state index in [1.165, 1.54) is 7.11 Å². The van der Waals surface area contributed by atoms with E-state index in [0.717, 1.165) is 11.3 Å². The van der Waals surface area contributed by atoms with Crippen molar-refractivity contribution in [1.82, 2.24) is 4.90 Å². The van der Waals surface area contributed by atoms with E-state index in [4.69, 9.17) is 0 Å². The third kappa shape index (κ3) is 1.28. The molecule has 0 spiro atoms. The minimum Gasteiger partial charge on any atom is -0.468 e. The molecule has 2 amide bonds. The smallest absolute Gasteiger partial charge is 0.325 e. The number of amides is 2. The molecule has 5 aliphatic rings. The highest BCUT2D eigenvalue weighted by Gasteiger charge is 2.67. The van der Waals surface area contributed by atoms with E-state index in [-0.39, 0.29) is 42.0 Å². The molecule has 5 heteroatoms. The molecule has 6 atom stereocenters. The second-order valence-electron chi connectivity index (χ2n) is 5.99. The lowest BCUT2D eigenvalue weighted by Crippen LogP contribution is -2.40. The molecule has 1 aliphatic heterocycles. The summed E-state index contributed by atoms with van der Waals surface area (Å²) in [5, 5.41) is 0. The Morgan fingerprint density at radius 1 is 1.21 bits per heavy atom. The van der Waals surface area contributed by atoms with Crippen LogP contribution < -0.4 is 0 Å². The van der Waals surface area contributed by atoms with Gasteiger partial charge in [-0.3, -0.25) is 19.3 Å². The van der Waals surface area contributed by atoms with Gasteiger partial charge in [0.15, 0.2) is 0 Å². The highest BCUT2D eigenvalue weighted by atomic mass is 16.5. The Morgan fingerprint density at radius 2 is 1.74 bits per heavy atom. The molecule has 2 saturated carbocycles. The van der Waals surface area contributed by atoms with Crippen LogP contribution >= 0.6 is 0 Å². The first-order valence-electron chi connectivity index (χ1n) is 6.74. The van der Waals surface area contributed by atoms with Crippen molar-refractivity contribution in [2.45, 2.75) is 6.42 Å². The lowest BCUT2D eigenvalue weighted by Gasteiger charge is -2.37. The standard InChI is InChI=1S/C14H15NO4/c1-19-10(16)5-15-13(17)11-6-2-3-7(9-4-8(6)9)12(11)14(15)18/h2-3,6-9,11-12H,4-5H2,1H3/t6-,7+,8-,9-,11+,12+/m1/s1. The van der Waals surface area contributed by atoms with Gasteiger partial charge in [0.2, 0.25) is 11.8 Å². The zero-order valence-electron chi connectivity index (χ0n) is 10.6. The minimum atomic E-state index is -0.536. The molecule has 1 heterocycles. The summed E-state index contributed by atoms with van der Waals surface area (Å²) >= 11 is 0. The van der Waals surface area contributed by atoms with Gasteiger partial charge in [0, 0.05) is 0 Å². The number of nitrogens with zero attached hydrogens (tertiary/aromatic N) is 1. The molecule has 100 valence electrons. The normalized spacial score (nSPS) is 45.2. The minimum absolute atomic E-state index is 0.176. The number of imide groups is 1. The van der Waals surface area contributed by atoms with Gasteiger partial charge in [-0.15, -0.1) is 0 Å². The number of esters is 1. The first-order valence-corrected chi connectivity index (χ1v) is 6.74. The van der Waals surface area contributed by atoms with Crippen molar-refractivity contribution in [3.8, 4) is 0 Å². The second-order valence-corrected chi connectivity index (χ2v) is 5.99. The fourth-order valence-electron chi connectivity index (χ4n) is 4.37. The maximum Gasteiger partial charge on any atom is 0.325 e. The van der Waals surface area contributed by atoms with Crippen LogP contribution in [0.1, 0.15) is 6.42 Å². The maximum atomic E-state index is 12.4. The predicted octanol–water partition coefficient (Wildman–Crippen LogP) is 0.212. The van der Waals surface area contributed by atoms with Crippen LogP contribution in [0, 0.1) is 35.5 Å². The SMILES string of the molecule is COC(=O)CN1C(=O)[C@H]2[C@@H]3C=C[C@@H]([C@H]4C[C@H]34)[C@@H]2C1=O. The summed E-state index contributed by atoms with van der Waals surface area (Å²) in [6, 6.07) is 0. The van der Waals surface area contributed by atoms with Gasteiger partial charge in [0.25, 0.3) is 0 Å². The van der Waals surface area contributed by atoms with E-state index in [9.17, 15) is 14.4 Å². The van der Waals surface area contributed by atoms with Gasteiger partial charge >= 0.3 is 5.97 Å². The Kier molecular flexibility index (Phi) is 2.04. The maximum absolute atomic E-state index is 12.4. The van der Waals surface area contributed by atoms with E-state index in [0.29, 0.717) is 11.8 Å². The molecule has 5 rings (SSSR count). The van der Waals surface area contributed by atoms with Crippen molar-refractivity contribution in [2.24, 2.45) is 35.5 Å². The zero-order chi connectivity index (χ0) is 13.3. The molecule has 0 unspecified atom stereocenters. The number of hydrogen-bond donors (Lipinski definition) is 0. The van der Waals surface area contributed by atoms with Crippen molar-refractivity contribution in [3.05, 3.63) is 12.2 Å². The molecule has 2 bridgehead atoms. The van der Waals surface area contributed by atoms with E-state index >= 15 is 0 Å². The van der Waals surface area contributed by atoms with Crippen molar-refractivity contribution >= 4 is 17.8 Å². The Hall–Kier alpha value is -1.65. The molecule has 0 aromatic rings. The van der Waals surface area contributed by atoms with Gasteiger partial charge in [-0.1, -0.05) is 12.2 Å². The molecule has 0 aromatic heterocycles. The first kappa shape index (κ1) is 11.2. The van der Waals surface area contributed by atoms with Crippen LogP contribution in [0.3, 0.4) is 0 Å². The van der Waals surface area contributed by atoms with Crippen LogP contribution in [-0.2, 0) is 19.1 Å². The van der Waals surface area contributed by atoms with Crippen molar-refractivity contribution in [1.29, 1.82) is 0 Å². The predicted molar refractivity (Wildman–Crippen MR) is 63.4 cm³/mol. The van der Waals surface area contributed by atoms with E-state index in [1.807, 2.05) is 0 Å². The molecule has 4 aliphatic carbocycles. The molecule has 0 N–H and O–H groups in total. The van der Waals surface area contributed by atoms with Crippen molar-refractivity contribution in [2.75, 3.05) is 13.7 Å². The second kappa shape index (κ2) is 3.46. The topological polar surface area (TPSA) is 63.7 Å². The number of methoxy groups -OCH3 is 1. The summed E-state index contributed by atoms with van der Waals surface area (Å²) < 4.78 is 4.56. The third-order valence-electron chi connectivity index (χ3n) is 5.27. The third-order valence-corrected chi connectivity index (χ3v) is 5.27. The highest BCUT2D eigenvalue weighted by Crippen LogP contribution is 2.65. The fraction of sp³-hybridized carbons (Fsp3) is 0.643. The molecule has 0 radical (unpaired) electrons.